The van der Waals surface area contributed by atoms with Crippen molar-refractivity contribution in [1.82, 2.24) is 15.2 Å². The summed E-state index contributed by atoms with van der Waals surface area (Å²) in [6.07, 6.45) is 0.583. The fourth-order valence-electron chi connectivity index (χ4n) is 4.56. The molecule has 0 amide bonds. The molecule has 1 aliphatic rings. The second-order valence-corrected chi connectivity index (χ2v) is 10.4. The van der Waals surface area contributed by atoms with E-state index in [9.17, 15) is 13.2 Å². The minimum absolute atomic E-state index is 0.0795. The van der Waals surface area contributed by atoms with Gasteiger partial charge >= 0.3 is 6.18 Å². The fraction of sp³-hybridized carbons (Fsp3) is 0.478. The molecule has 2 aromatic rings. The van der Waals surface area contributed by atoms with Crippen molar-refractivity contribution in [3.63, 3.8) is 0 Å². The molecule has 32 heavy (non-hydrogen) atoms. The quantitative estimate of drug-likeness (QED) is 0.501. The maximum absolute atomic E-state index is 13.3. The van der Waals surface area contributed by atoms with E-state index < -0.39 is 11.7 Å². The van der Waals surface area contributed by atoms with Gasteiger partial charge in [0.15, 0.2) is 5.11 Å². The van der Waals surface area contributed by atoms with Gasteiger partial charge < -0.3 is 15.5 Å². The van der Waals surface area contributed by atoms with Crippen LogP contribution in [-0.2, 0) is 12.7 Å². The molecule has 1 aromatic carbocycles. The smallest absolute Gasteiger partial charge is 0.342 e. The number of piperidine rings is 1. The Bertz CT molecular complexity index is 947. The number of thiocarbonyl (C=S) groups is 1. The highest BCUT2D eigenvalue weighted by atomic mass is 35.5. The van der Waals surface area contributed by atoms with E-state index in [1.807, 2.05) is 12.1 Å². The molecule has 0 spiro atoms. The Morgan fingerprint density at radius 3 is 2.44 bits per heavy atom. The second kappa shape index (κ2) is 9.15. The van der Waals surface area contributed by atoms with Crippen LogP contribution < -0.4 is 10.6 Å². The summed E-state index contributed by atoms with van der Waals surface area (Å²) >= 11 is 11.5. The summed E-state index contributed by atoms with van der Waals surface area (Å²) in [6, 6.07) is 7.63. The number of anilines is 1. The van der Waals surface area contributed by atoms with Crippen molar-refractivity contribution >= 4 is 34.6 Å². The van der Waals surface area contributed by atoms with E-state index in [0.717, 1.165) is 24.5 Å². The van der Waals surface area contributed by atoms with Gasteiger partial charge in [-0.1, -0.05) is 17.7 Å². The third-order valence-corrected chi connectivity index (χ3v) is 6.14. The summed E-state index contributed by atoms with van der Waals surface area (Å²) in [5, 5.41) is 6.69. The van der Waals surface area contributed by atoms with Crippen molar-refractivity contribution in [1.29, 1.82) is 0 Å². The number of benzene rings is 1. The number of hydrogen-bond acceptors (Lipinski definition) is 3. The van der Waals surface area contributed by atoms with Gasteiger partial charge in [0.05, 0.1) is 10.6 Å². The first-order valence-electron chi connectivity index (χ1n) is 10.4. The molecule has 4 nitrogen and oxygen atoms in total. The van der Waals surface area contributed by atoms with E-state index in [4.69, 9.17) is 23.8 Å². The zero-order valence-electron chi connectivity index (χ0n) is 18.6. The molecule has 0 saturated carbocycles. The first-order chi connectivity index (χ1) is 14.8. The van der Waals surface area contributed by atoms with Crippen LogP contribution in [0.2, 0.25) is 5.02 Å². The van der Waals surface area contributed by atoms with Gasteiger partial charge in [-0.2, -0.15) is 13.2 Å². The van der Waals surface area contributed by atoms with Crippen LogP contribution in [0.4, 0.5) is 18.9 Å². The fourth-order valence-corrected chi connectivity index (χ4v) is 5.12. The molecule has 174 valence electrons. The average molecular weight is 485 g/mol. The van der Waals surface area contributed by atoms with Crippen LogP contribution in [-0.4, -0.2) is 32.1 Å². The first-order valence-corrected chi connectivity index (χ1v) is 11.2. The third-order valence-electron chi connectivity index (χ3n) is 5.47. The Morgan fingerprint density at radius 2 is 1.88 bits per heavy atom. The number of rotatable bonds is 4. The lowest BCUT2D eigenvalue weighted by molar-refractivity contribution is -0.137. The Morgan fingerprint density at radius 1 is 1.22 bits per heavy atom. The van der Waals surface area contributed by atoms with E-state index >= 15 is 0 Å². The summed E-state index contributed by atoms with van der Waals surface area (Å²) in [4.78, 5) is 6.24. The zero-order chi connectivity index (χ0) is 23.7. The van der Waals surface area contributed by atoms with E-state index in [0.29, 0.717) is 11.7 Å². The molecule has 0 atom stereocenters. The molecule has 0 aliphatic carbocycles. The molecule has 3 rings (SSSR count). The molecule has 2 N–H and O–H groups in total. The average Bonchev–Trinajstić information content (AvgIpc) is 2.65. The van der Waals surface area contributed by atoms with Gasteiger partial charge in [-0.3, -0.25) is 4.98 Å². The molecule has 0 unspecified atom stereocenters. The van der Waals surface area contributed by atoms with Gasteiger partial charge in [-0.05, 0) is 82.6 Å². The number of nitrogens with zero attached hydrogens (tertiary/aromatic N) is 2. The van der Waals surface area contributed by atoms with Gasteiger partial charge in [0.1, 0.15) is 0 Å². The molecule has 1 fully saturated rings. The van der Waals surface area contributed by atoms with Crippen LogP contribution >= 0.6 is 23.8 Å². The highest BCUT2D eigenvalue weighted by Crippen LogP contribution is 2.37. The molecule has 0 bridgehead atoms. The highest BCUT2D eigenvalue weighted by molar-refractivity contribution is 7.80. The monoisotopic (exact) mass is 484 g/mol. The lowest BCUT2D eigenvalue weighted by Crippen LogP contribution is -2.63. The molecule has 1 aliphatic heterocycles. The number of pyridine rings is 1. The highest BCUT2D eigenvalue weighted by Gasteiger charge is 2.41. The summed E-state index contributed by atoms with van der Waals surface area (Å²) in [6.45, 7) is 9.09. The number of hydrogen-bond donors (Lipinski definition) is 2. The minimum Gasteiger partial charge on any atom is -0.342 e. The SMILES string of the molecule is CC1(C)CC(N(Cc2cccnc2)C(=S)Nc2ccc(Cl)c(C(F)(F)F)c2)CC(C)(C)N1. The van der Waals surface area contributed by atoms with E-state index in [2.05, 4.69) is 48.2 Å². The predicted molar refractivity (Wildman–Crippen MR) is 127 cm³/mol. The van der Waals surface area contributed by atoms with Gasteiger partial charge in [0.2, 0.25) is 0 Å². The Hall–Kier alpha value is -1.90. The molecular weight excluding hydrogens is 457 g/mol. The van der Waals surface area contributed by atoms with Crippen molar-refractivity contribution in [2.45, 2.75) is 70.4 Å². The van der Waals surface area contributed by atoms with Crippen molar-refractivity contribution < 1.29 is 13.2 Å². The summed E-state index contributed by atoms with van der Waals surface area (Å²) in [5.74, 6) is 0. The zero-order valence-corrected chi connectivity index (χ0v) is 20.1. The molecule has 0 radical (unpaired) electrons. The standard InChI is InChI=1S/C23H28ClF3N4S/c1-21(2)11-17(12-22(3,4)30-21)31(14-15-6-5-9-28-13-15)20(32)29-16-7-8-19(24)18(10-16)23(25,26)27/h5-10,13,17,30H,11-12,14H2,1-4H3,(H,29,32). The number of nitrogens with one attached hydrogen (secondary N) is 2. The van der Waals surface area contributed by atoms with Crippen LogP contribution in [0.15, 0.2) is 42.7 Å². The largest absolute Gasteiger partial charge is 0.417 e. The van der Waals surface area contributed by atoms with Crippen LogP contribution in [0.5, 0.6) is 0 Å². The van der Waals surface area contributed by atoms with Crippen molar-refractivity contribution in [2.75, 3.05) is 5.32 Å². The number of alkyl halides is 3. The maximum atomic E-state index is 13.3. The van der Waals surface area contributed by atoms with Crippen molar-refractivity contribution in [2.24, 2.45) is 0 Å². The van der Waals surface area contributed by atoms with E-state index in [-0.39, 0.29) is 27.8 Å². The Kier molecular flexibility index (Phi) is 7.08. The van der Waals surface area contributed by atoms with Crippen molar-refractivity contribution in [3.05, 3.63) is 58.9 Å². The Labute approximate surface area is 197 Å². The maximum Gasteiger partial charge on any atom is 0.417 e. The third kappa shape index (κ3) is 6.33. The van der Waals surface area contributed by atoms with Gasteiger partial charge in [-0.15, -0.1) is 0 Å². The van der Waals surface area contributed by atoms with Crippen LogP contribution in [0, 0.1) is 0 Å². The van der Waals surface area contributed by atoms with Gasteiger partial charge in [0.25, 0.3) is 0 Å². The summed E-state index contributed by atoms with van der Waals surface area (Å²) < 4.78 is 39.9. The number of halogens is 4. The summed E-state index contributed by atoms with van der Waals surface area (Å²) in [7, 11) is 0. The molecule has 1 aromatic heterocycles. The first kappa shape index (κ1) is 24.7. The minimum atomic E-state index is -4.55. The van der Waals surface area contributed by atoms with Gasteiger partial charge in [-0.25, -0.2) is 0 Å². The topological polar surface area (TPSA) is 40.2 Å². The lowest BCUT2D eigenvalue weighted by atomic mass is 9.79. The van der Waals surface area contributed by atoms with Crippen molar-refractivity contribution in [3.8, 4) is 0 Å². The van der Waals surface area contributed by atoms with Crippen LogP contribution in [0.25, 0.3) is 0 Å². The van der Waals surface area contributed by atoms with E-state index in [1.165, 1.54) is 12.1 Å². The van der Waals surface area contributed by atoms with Crippen LogP contribution in [0.3, 0.4) is 0 Å². The Balaban J connectivity index is 1.90. The van der Waals surface area contributed by atoms with E-state index in [1.54, 1.807) is 12.4 Å². The lowest BCUT2D eigenvalue weighted by Gasteiger charge is -2.50. The molecule has 1 saturated heterocycles. The summed E-state index contributed by atoms with van der Waals surface area (Å²) in [5.41, 5.74) is 0.0703. The molecule has 9 heteroatoms. The molecular formula is C23H28ClF3N4S. The van der Waals surface area contributed by atoms with Gasteiger partial charge in [0, 0.05) is 41.7 Å². The van der Waals surface area contributed by atoms with Crippen LogP contribution in [0.1, 0.15) is 51.7 Å². The number of aromatic nitrogens is 1. The molecule has 2 heterocycles. The second-order valence-electron chi connectivity index (χ2n) is 9.57. The normalized spacial score (nSPS) is 18.2. The predicted octanol–water partition coefficient (Wildman–Crippen LogP) is 6.26.